The molecule has 404 valence electrons. The average Bonchev–Trinajstić information content (AvgIpc) is 3.71. The molecular weight excluding hydrogens is 979 g/mol. The third kappa shape index (κ3) is 16.9. The predicted octanol–water partition coefficient (Wildman–Crippen LogP) is 0.639. The van der Waals surface area contributed by atoms with Crippen LogP contribution in [-0.2, 0) is 35.3 Å². The van der Waals surface area contributed by atoms with E-state index in [-0.39, 0.29) is 76.3 Å². The Balaban J connectivity index is 1.08. The van der Waals surface area contributed by atoms with E-state index in [9.17, 15) is 62.9 Å². The second kappa shape index (κ2) is 26.9. The molecule has 0 unspecified atom stereocenters. The van der Waals surface area contributed by atoms with Crippen molar-refractivity contribution in [1.82, 2.24) is 49.9 Å². The van der Waals surface area contributed by atoms with E-state index in [1.165, 1.54) is 6.08 Å². The first kappa shape index (κ1) is 57.1. The van der Waals surface area contributed by atoms with Gasteiger partial charge in [0.1, 0.15) is 6.04 Å². The Labute approximate surface area is 433 Å². The summed E-state index contributed by atoms with van der Waals surface area (Å²) in [7, 11) is 1.92. The number of hydrogen-bond acceptors (Lipinski definition) is 15. The summed E-state index contributed by atoms with van der Waals surface area (Å²) in [6, 6.07) is 13.1. The van der Waals surface area contributed by atoms with Crippen LogP contribution in [0.3, 0.4) is 0 Å². The number of aromatic nitrogens is 1. The number of likely N-dealkylation sites (tertiary alicyclic amines) is 1. The smallest absolute Gasteiger partial charge is 0.317 e. The van der Waals surface area contributed by atoms with Crippen LogP contribution in [0.25, 0.3) is 22.0 Å². The zero-order valence-corrected chi connectivity index (χ0v) is 42.2. The van der Waals surface area contributed by atoms with E-state index in [2.05, 4.69) is 27.1 Å². The molecule has 0 aliphatic carbocycles. The number of carboxylic acid groups (broad SMARTS) is 3. The Morgan fingerprint density at radius 2 is 1.32 bits per heavy atom. The standard InChI is InChI=1S/C51H66F2N12O10/c1-3-43(66)56-28-36-5-7-37(8-6-36)41-29-55-42-10-9-38(25-40(42)49(41)50(75)57-30-44(67)65-35-51(52,53)26-39(65)27-54)58(2)11-4-12-59-21-23-64(24-22-59)45(68)31-60-13-15-61(32-46(69)70)17-19-63(34-48(73)74)20-18-62(16-14-60)33-47(71)72/h3,5-10,25,29,39H,1,4,11-24,26,28,30-35H2,2H3,(H,56,66)(H,57,75)(H,69,70)(H,71,72)(H,73,74)/t39-/m0/s1. The molecule has 3 aliphatic heterocycles. The van der Waals surface area contributed by atoms with Crippen LogP contribution in [0.5, 0.6) is 0 Å². The van der Waals surface area contributed by atoms with Crippen molar-refractivity contribution in [3.05, 3.63) is 72.4 Å². The van der Waals surface area contributed by atoms with Crippen molar-refractivity contribution >= 4 is 58.1 Å². The topological polar surface area (TPSA) is 267 Å². The van der Waals surface area contributed by atoms with Crippen molar-refractivity contribution in [3.8, 4) is 17.2 Å². The summed E-state index contributed by atoms with van der Waals surface area (Å²) in [4.78, 5) is 106. The first-order chi connectivity index (χ1) is 35.8. The Kier molecular flexibility index (Phi) is 20.5. The SMILES string of the molecule is C=CC(=O)NCc1ccc(-c2cnc3ccc(N(C)CCCN4CCN(C(=O)CN5CCN(CC(=O)O)CCN(CC(=O)O)CCN(CC(=O)O)CC5)CC4)cc3c2C(=O)NCC(=O)N2CC(F)(F)C[C@H]2C#N)cc1. The van der Waals surface area contributed by atoms with Crippen LogP contribution in [0.1, 0.15) is 28.8 Å². The van der Waals surface area contributed by atoms with Crippen molar-refractivity contribution in [2.75, 3.05) is 143 Å². The summed E-state index contributed by atoms with van der Waals surface area (Å²) < 4.78 is 28.4. The van der Waals surface area contributed by atoms with Gasteiger partial charge in [-0.1, -0.05) is 30.8 Å². The third-order valence-corrected chi connectivity index (χ3v) is 13.6. The van der Waals surface area contributed by atoms with Crippen LogP contribution >= 0.6 is 0 Å². The molecule has 3 aliphatic rings. The number of nitriles is 1. The van der Waals surface area contributed by atoms with Gasteiger partial charge in [-0.15, -0.1) is 0 Å². The number of piperazine rings is 1. The summed E-state index contributed by atoms with van der Waals surface area (Å²) >= 11 is 0. The number of amides is 4. The van der Waals surface area contributed by atoms with E-state index in [4.69, 9.17) is 0 Å². The number of aliphatic carboxylic acids is 3. The minimum absolute atomic E-state index is 0.0640. The monoisotopic (exact) mass is 1040 g/mol. The summed E-state index contributed by atoms with van der Waals surface area (Å²) in [6.45, 7) is 7.46. The van der Waals surface area contributed by atoms with Gasteiger partial charge in [0.15, 0.2) is 0 Å². The summed E-state index contributed by atoms with van der Waals surface area (Å²) in [5, 5.41) is 43.9. The highest BCUT2D eigenvalue weighted by molar-refractivity contribution is 6.12. The molecule has 0 radical (unpaired) electrons. The highest BCUT2D eigenvalue weighted by Crippen LogP contribution is 2.33. The fraction of sp³-hybridized carbons (Fsp3) is 0.510. The number of pyridine rings is 1. The Bertz CT molecular complexity index is 2560. The molecule has 1 atom stereocenters. The zero-order chi connectivity index (χ0) is 54.2. The number of rotatable bonds is 20. The van der Waals surface area contributed by atoms with Crippen molar-refractivity contribution in [2.24, 2.45) is 0 Å². The summed E-state index contributed by atoms with van der Waals surface area (Å²) in [5.74, 6) is -8.22. The number of fused-ring (bicyclic) bond motifs is 1. The Morgan fingerprint density at radius 1 is 0.773 bits per heavy atom. The largest absolute Gasteiger partial charge is 0.480 e. The van der Waals surface area contributed by atoms with Crippen LogP contribution < -0.4 is 15.5 Å². The molecule has 2 aromatic carbocycles. The molecule has 1 aromatic heterocycles. The van der Waals surface area contributed by atoms with Gasteiger partial charge in [0.25, 0.3) is 11.8 Å². The Morgan fingerprint density at radius 3 is 1.85 bits per heavy atom. The lowest BCUT2D eigenvalue weighted by molar-refractivity contribution is -0.141. The lowest BCUT2D eigenvalue weighted by Gasteiger charge is -2.37. The summed E-state index contributed by atoms with van der Waals surface area (Å²) in [6.07, 6.45) is 2.68. The molecule has 0 bridgehead atoms. The van der Waals surface area contributed by atoms with Gasteiger partial charge in [0.05, 0.1) is 56.4 Å². The van der Waals surface area contributed by atoms with E-state index in [1.807, 2.05) is 29.0 Å². The number of nitrogens with zero attached hydrogens (tertiary/aromatic N) is 10. The van der Waals surface area contributed by atoms with E-state index in [0.29, 0.717) is 80.9 Å². The van der Waals surface area contributed by atoms with Gasteiger partial charge in [-0.25, -0.2) is 8.78 Å². The molecule has 4 heterocycles. The number of alkyl halides is 2. The molecule has 75 heavy (non-hydrogen) atoms. The third-order valence-electron chi connectivity index (χ3n) is 13.6. The minimum Gasteiger partial charge on any atom is -0.480 e. The molecule has 5 N–H and O–H groups in total. The number of halogens is 2. The van der Waals surface area contributed by atoms with Gasteiger partial charge in [-0.2, -0.15) is 5.26 Å². The van der Waals surface area contributed by atoms with Gasteiger partial charge in [-0.05, 0) is 48.4 Å². The number of carbonyl (C=O) groups is 7. The number of hydrogen-bond donors (Lipinski definition) is 5. The van der Waals surface area contributed by atoms with E-state index >= 15 is 0 Å². The van der Waals surface area contributed by atoms with Gasteiger partial charge in [-0.3, -0.25) is 63.0 Å². The number of nitrogens with one attached hydrogen (secondary N) is 2. The van der Waals surface area contributed by atoms with Crippen molar-refractivity contribution < 1.29 is 57.7 Å². The van der Waals surface area contributed by atoms with Gasteiger partial charge < -0.3 is 40.7 Å². The highest BCUT2D eigenvalue weighted by Gasteiger charge is 2.47. The van der Waals surface area contributed by atoms with Gasteiger partial charge in [0, 0.05) is 128 Å². The van der Waals surface area contributed by atoms with Crippen LogP contribution in [0.2, 0.25) is 0 Å². The highest BCUT2D eigenvalue weighted by atomic mass is 19.3. The molecule has 0 spiro atoms. The van der Waals surface area contributed by atoms with Crippen LogP contribution in [0.4, 0.5) is 14.5 Å². The zero-order valence-electron chi connectivity index (χ0n) is 42.2. The quantitative estimate of drug-likeness (QED) is 0.0973. The number of anilines is 1. The number of carbonyl (C=O) groups excluding carboxylic acids is 4. The molecule has 24 heteroatoms. The Hall–Kier alpha value is -7.17. The second-order valence-corrected chi connectivity index (χ2v) is 19.1. The first-order valence-electron chi connectivity index (χ1n) is 24.8. The average molecular weight is 1050 g/mol. The van der Waals surface area contributed by atoms with E-state index < -0.39 is 61.2 Å². The minimum atomic E-state index is -3.23. The summed E-state index contributed by atoms with van der Waals surface area (Å²) in [5.41, 5.74) is 3.28. The van der Waals surface area contributed by atoms with Crippen molar-refractivity contribution in [3.63, 3.8) is 0 Å². The van der Waals surface area contributed by atoms with Crippen molar-refractivity contribution in [2.45, 2.75) is 31.4 Å². The molecule has 6 rings (SSSR count). The second-order valence-electron chi connectivity index (χ2n) is 19.1. The number of benzene rings is 2. The first-order valence-corrected chi connectivity index (χ1v) is 24.8. The van der Waals surface area contributed by atoms with Gasteiger partial charge >= 0.3 is 17.9 Å². The fourth-order valence-corrected chi connectivity index (χ4v) is 9.44. The molecule has 3 fully saturated rings. The van der Waals surface area contributed by atoms with E-state index in [1.54, 1.807) is 62.2 Å². The molecule has 3 saturated heterocycles. The molecule has 22 nitrogen and oxygen atoms in total. The maximum atomic E-state index is 14.2. The van der Waals surface area contributed by atoms with Crippen LogP contribution in [0.15, 0.2) is 61.3 Å². The van der Waals surface area contributed by atoms with Gasteiger partial charge in [0.2, 0.25) is 17.7 Å². The predicted molar refractivity (Wildman–Crippen MR) is 272 cm³/mol. The molecule has 0 saturated carbocycles. The lowest BCUT2D eigenvalue weighted by Crippen LogP contribution is -2.53. The normalized spacial score (nSPS) is 18.6. The van der Waals surface area contributed by atoms with Crippen LogP contribution in [-0.4, -0.2) is 246 Å². The lowest BCUT2D eigenvalue weighted by atomic mass is 9.96. The van der Waals surface area contributed by atoms with Crippen LogP contribution in [0, 0.1) is 11.3 Å². The number of carboxylic acids is 3. The molecule has 4 amide bonds. The maximum Gasteiger partial charge on any atom is 0.317 e. The van der Waals surface area contributed by atoms with Crippen molar-refractivity contribution in [1.29, 1.82) is 5.26 Å². The van der Waals surface area contributed by atoms with E-state index in [0.717, 1.165) is 29.1 Å². The maximum absolute atomic E-state index is 14.2. The molecular formula is C51H66F2N12O10. The molecule has 3 aromatic rings. The fourth-order valence-electron chi connectivity index (χ4n) is 9.44.